The van der Waals surface area contributed by atoms with E-state index in [9.17, 15) is 13.2 Å². The maximum atomic E-state index is 13.2. The molecular weight excluding hydrogens is 367 g/mol. The second kappa shape index (κ2) is 6.48. The minimum atomic E-state index is -4.24. The number of fused-ring (bicyclic) bond motifs is 1. The number of hydrogen-bond acceptors (Lipinski definition) is 4. The van der Waals surface area contributed by atoms with Gasteiger partial charge in [-0.25, -0.2) is 9.97 Å². The maximum Gasteiger partial charge on any atom is 0.395 e. The predicted octanol–water partition coefficient (Wildman–Crippen LogP) is 3.84. The van der Waals surface area contributed by atoms with E-state index in [0.717, 1.165) is 11.3 Å². The summed E-state index contributed by atoms with van der Waals surface area (Å²) in [6, 6.07) is 8.74. The number of halogens is 3. The van der Waals surface area contributed by atoms with Crippen molar-refractivity contribution in [2.75, 3.05) is 18.4 Å². The summed E-state index contributed by atoms with van der Waals surface area (Å²) in [5.41, 5.74) is 3.63. The monoisotopic (exact) mass is 387 g/mol. The van der Waals surface area contributed by atoms with Crippen LogP contribution in [-0.2, 0) is 0 Å². The fraction of sp³-hybridized carbons (Fsp3) is 0.400. The van der Waals surface area contributed by atoms with E-state index in [4.69, 9.17) is 0 Å². The highest BCUT2D eigenvalue weighted by atomic mass is 19.4. The number of imidazole rings is 1. The Bertz CT molecular complexity index is 1010. The Morgan fingerprint density at radius 3 is 2.75 bits per heavy atom. The van der Waals surface area contributed by atoms with E-state index in [1.807, 2.05) is 16.5 Å². The van der Waals surface area contributed by atoms with Gasteiger partial charge in [0.05, 0.1) is 29.5 Å². The van der Waals surface area contributed by atoms with Crippen molar-refractivity contribution in [1.29, 1.82) is 0 Å². The molecule has 0 spiro atoms. The first-order chi connectivity index (χ1) is 13.5. The van der Waals surface area contributed by atoms with E-state index in [2.05, 4.69) is 32.9 Å². The SMILES string of the molecule is FC(F)(F)C1CNCC1Nc1cccc(-c2cnc3ccc(C4CC4)cn23)n1. The number of pyridine rings is 2. The molecule has 0 radical (unpaired) electrons. The van der Waals surface area contributed by atoms with Gasteiger partial charge in [-0.1, -0.05) is 12.1 Å². The minimum absolute atomic E-state index is 0.0714. The molecule has 8 heteroatoms. The van der Waals surface area contributed by atoms with Gasteiger partial charge >= 0.3 is 6.18 Å². The summed E-state index contributed by atoms with van der Waals surface area (Å²) in [7, 11) is 0. The van der Waals surface area contributed by atoms with Crippen molar-refractivity contribution < 1.29 is 13.2 Å². The molecule has 0 amide bonds. The predicted molar refractivity (Wildman–Crippen MR) is 100 cm³/mol. The Morgan fingerprint density at radius 2 is 1.96 bits per heavy atom. The van der Waals surface area contributed by atoms with Gasteiger partial charge in [0.1, 0.15) is 11.5 Å². The Balaban J connectivity index is 1.44. The van der Waals surface area contributed by atoms with Gasteiger partial charge in [0.2, 0.25) is 0 Å². The van der Waals surface area contributed by atoms with Crippen LogP contribution in [0.5, 0.6) is 0 Å². The normalized spacial score (nSPS) is 22.7. The smallest absolute Gasteiger partial charge is 0.365 e. The molecule has 2 fully saturated rings. The van der Waals surface area contributed by atoms with Gasteiger partial charge in [-0.05, 0) is 42.5 Å². The van der Waals surface area contributed by atoms with E-state index in [0.29, 0.717) is 17.4 Å². The van der Waals surface area contributed by atoms with Crippen LogP contribution in [0.15, 0.2) is 42.7 Å². The maximum absolute atomic E-state index is 13.2. The third-order valence-electron chi connectivity index (χ3n) is 5.56. The molecule has 1 aliphatic carbocycles. The van der Waals surface area contributed by atoms with Crippen molar-refractivity contribution in [3.05, 3.63) is 48.3 Å². The average Bonchev–Trinajstić information content (AvgIpc) is 3.25. The quantitative estimate of drug-likeness (QED) is 0.714. The molecular formula is C20H20F3N5. The summed E-state index contributed by atoms with van der Waals surface area (Å²) < 4.78 is 41.6. The number of anilines is 1. The molecule has 146 valence electrons. The van der Waals surface area contributed by atoms with Crippen molar-refractivity contribution in [3.63, 3.8) is 0 Å². The van der Waals surface area contributed by atoms with Crippen LogP contribution < -0.4 is 10.6 Å². The van der Waals surface area contributed by atoms with Crippen molar-refractivity contribution >= 4 is 11.5 Å². The second-order valence-electron chi connectivity index (χ2n) is 7.57. The van der Waals surface area contributed by atoms with Crippen LogP contribution in [0.4, 0.5) is 19.0 Å². The largest absolute Gasteiger partial charge is 0.395 e. The lowest BCUT2D eigenvalue weighted by molar-refractivity contribution is -0.170. The summed E-state index contributed by atoms with van der Waals surface area (Å²) in [4.78, 5) is 9.01. The molecule has 2 unspecified atom stereocenters. The third kappa shape index (κ3) is 3.22. The number of nitrogens with one attached hydrogen (secondary N) is 2. The van der Waals surface area contributed by atoms with Gasteiger partial charge < -0.3 is 10.6 Å². The van der Waals surface area contributed by atoms with Gasteiger partial charge in [-0.2, -0.15) is 13.2 Å². The Kier molecular flexibility index (Phi) is 4.04. The number of aromatic nitrogens is 3. The van der Waals surface area contributed by atoms with Crippen molar-refractivity contribution in [3.8, 4) is 11.4 Å². The van der Waals surface area contributed by atoms with Gasteiger partial charge in [-0.15, -0.1) is 0 Å². The Hall–Kier alpha value is -2.61. The lowest BCUT2D eigenvalue weighted by Crippen LogP contribution is -2.38. The second-order valence-corrected chi connectivity index (χ2v) is 7.57. The number of alkyl halides is 3. The van der Waals surface area contributed by atoms with Gasteiger partial charge in [0.25, 0.3) is 0 Å². The molecule has 0 aromatic carbocycles. The topological polar surface area (TPSA) is 54.2 Å². The van der Waals surface area contributed by atoms with E-state index in [1.165, 1.54) is 18.4 Å². The molecule has 28 heavy (non-hydrogen) atoms. The number of hydrogen-bond donors (Lipinski definition) is 2. The molecule has 3 aromatic heterocycles. The van der Waals surface area contributed by atoms with Crippen LogP contribution in [-0.4, -0.2) is 39.7 Å². The highest BCUT2D eigenvalue weighted by Crippen LogP contribution is 2.40. The van der Waals surface area contributed by atoms with Gasteiger partial charge in [-0.3, -0.25) is 4.40 Å². The number of nitrogens with zero attached hydrogens (tertiary/aromatic N) is 3. The highest BCUT2D eigenvalue weighted by molar-refractivity contribution is 5.62. The summed E-state index contributed by atoms with van der Waals surface area (Å²) >= 11 is 0. The molecule has 2 atom stereocenters. The van der Waals surface area contributed by atoms with Crippen molar-refractivity contribution in [2.24, 2.45) is 5.92 Å². The van der Waals surface area contributed by atoms with Crippen LogP contribution in [0.2, 0.25) is 0 Å². The summed E-state index contributed by atoms with van der Waals surface area (Å²) in [6.07, 6.45) is 2.04. The molecule has 2 N–H and O–H groups in total. The summed E-state index contributed by atoms with van der Waals surface area (Å²) in [5, 5.41) is 5.78. The van der Waals surface area contributed by atoms with Crippen molar-refractivity contribution in [1.82, 2.24) is 19.7 Å². The fourth-order valence-corrected chi connectivity index (χ4v) is 3.87. The van der Waals surface area contributed by atoms with Crippen LogP contribution in [0.25, 0.3) is 17.0 Å². The first-order valence-electron chi connectivity index (χ1n) is 9.47. The van der Waals surface area contributed by atoms with Crippen LogP contribution in [0.3, 0.4) is 0 Å². The highest BCUT2D eigenvalue weighted by Gasteiger charge is 2.47. The molecule has 2 aliphatic rings. The molecule has 1 aliphatic heterocycles. The van der Waals surface area contributed by atoms with E-state index in [1.54, 1.807) is 18.3 Å². The van der Waals surface area contributed by atoms with Crippen LogP contribution in [0, 0.1) is 5.92 Å². The summed E-state index contributed by atoms with van der Waals surface area (Å²) in [5.74, 6) is -0.363. The van der Waals surface area contributed by atoms with E-state index < -0.39 is 18.1 Å². The lowest BCUT2D eigenvalue weighted by atomic mass is 10.0. The minimum Gasteiger partial charge on any atom is -0.365 e. The fourth-order valence-electron chi connectivity index (χ4n) is 3.87. The van der Waals surface area contributed by atoms with E-state index in [-0.39, 0.29) is 13.1 Å². The lowest BCUT2D eigenvalue weighted by Gasteiger charge is -2.22. The molecule has 5 rings (SSSR count). The molecule has 1 saturated carbocycles. The molecule has 1 saturated heterocycles. The first kappa shape index (κ1) is 17.5. The van der Waals surface area contributed by atoms with E-state index >= 15 is 0 Å². The Morgan fingerprint density at radius 1 is 1.11 bits per heavy atom. The number of rotatable bonds is 4. The molecule has 3 aromatic rings. The van der Waals surface area contributed by atoms with Gasteiger partial charge in [0.15, 0.2) is 0 Å². The average molecular weight is 387 g/mol. The molecule has 0 bridgehead atoms. The third-order valence-corrected chi connectivity index (χ3v) is 5.56. The van der Waals surface area contributed by atoms with Crippen LogP contribution >= 0.6 is 0 Å². The van der Waals surface area contributed by atoms with Crippen LogP contribution in [0.1, 0.15) is 24.3 Å². The van der Waals surface area contributed by atoms with Gasteiger partial charge in [0, 0.05) is 19.3 Å². The Labute approximate surface area is 160 Å². The first-order valence-corrected chi connectivity index (χ1v) is 9.47. The summed E-state index contributed by atoms with van der Waals surface area (Å²) in [6.45, 7) is 0.189. The standard InChI is InChI=1S/C20H20F3N5/c21-20(22,23)14-8-24-9-16(14)27-18-3-1-2-15(26-18)17-10-25-19-7-6-13(11-28(17)19)12-4-5-12/h1-3,6-7,10-12,14,16,24H,4-5,8-9H2,(H,26,27). The van der Waals surface area contributed by atoms with Crippen molar-refractivity contribution in [2.45, 2.75) is 31.0 Å². The zero-order valence-electron chi connectivity index (χ0n) is 15.1. The zero-order chi connectivity index (χ0) is 19.3. The molecule has 5 nitrogen and oxygen atoms in total. The zero-order valence-corrected chi connectivity index (χ0v) is 15.1. The molecule has 4 heterocycles.